The van der Waals surface area contributed by atoms with Crippen molar-refractivity contribution >= 4 is 33.5 Å². The first-order chi connectivity index (χ1) is 26.0. The molecule has 0 aliphatic carbocycles. The van der Waals surface area contributed by atoms with Gasteiger partial charge >= 0.3 is 0 Å². The third-order valence-electron chi connectivity index (χ3n) is 8.64. The Morgan fingerprint density at radius 3 is 1.21 bits per heavy atom. The monoisotopic (exact) mass is 696 g/mol. The second kappa shape index (κ2) is 17.0. The van der Waals surface area contributed by atoms with Crippen molar-refractivity contribution in [3.63, 3.8) is 0 Å². The first-order valence-corrected chi connectivity index (χ1v) is 17.0. The molecular formula is C48H29ClN4. The van der Waals surface area contributed by atoms with E-state index in [0.29, 0.717) is 16.2 Å². The van der Waals surface area contributed by atoms with Crippen LogP contribution in [0.15, 0.2) is 187 Å². The number of nitrogens with zero attached hydrogens (tertiary/aromatic N) is 4. The summed E-state index contributed by atoms with van der Waals surface area (Å²) in [6.07, 6.45) is 0. The Labute approximate surface area is 314 Å². The fraction of sp³-hybridized carbons (Fsp3) is 0. The van der Waals surface area contributed by atoms with Crippen molar-refractivity contribution in [3.05, 3.63) is 237 Å². The molecule has 7 aromatic rings. The topological polar surface area (TPSA) is 56.3 Å². The lowest BCUT2D eigenvalue weighted by Crippen LogP contribution is -1.92. The molecule has 4 nitrogen and oxygen atoms in total. The summed E-state index contributed by atoms with van der Waals surface area (Å²) in [7, 11) is 0. The maximum atomic E-state index is 9.54. The minimum absolute atomic E-state index is 0.0646. The lowest BCUT2D eigenvalue weighted by molar-refractivity contribution is 1.47. The van der Waals surface area contributed by atoms with Crippen LogP contribution in [0.1, 0.15) is 22.3 Å². The van der Waals surface area contributed by atoms with Crippen molar-refractivity contribution in [1.29, 1.82) is 10.5 Å². The number of hydrogen-bond donors (Lipinski definition) is 0. The van der Waals surface area contributed by atoms with Crippen LogP contribution in [-0.2, 0) is 0 Å². The van der Waals surface area contributed by atoms with Crippen molar-refractivity contribution in [2.75, 3.05) is 0 Å². The Morgan fingerprint density at radius 1 is 0.415 bits per heavy atom. The standard InChI is InChI=1S/C26H16N2.C22H13ClN2/c1-28-25(18-27)26(24-16-13-20-9-5-6-10-23(20)17-24)22-14-11-21(12-15-22)19-7-3-2-4-8-19;1-25-21(15-24)22(19-11-13-20(23)14-12-19)18-9-7-17(8-10-18)16-5-3-2-4-6-16/h2-17H;2-14H/b26-25-;22-21-. The lowest BCUT2D eigenvalue weighted by Gasteiger charge is -2.11. The summed E-state index contributed by atoms with van der Waals surface area (Å²) in [4.78, 5) is 6.89. The second-order valence-electron chi connectivity index (χ2n) is 11.9. The predicted octanol–water partition coefficient (Wildman–Crippen LogP) is 12.9. The smallest absolute Gasteiger partial charge is 0.226 e. The molecule has 0 aliphatic heterocycles. The summed E-state index contributed by atoms with van der Waals surface area (Å²) < 4.78 is 0. The molecule has 7 rings (SSSR count). The largest absolute Gasteiger partial charge is 0.270 e. The molecule has 53 heavy (non-hydrogen) atoms. The van der Waals surface area contributed by atoms with Crippen LogP contribution in [0.2, 0.25) is 5.02 Å². The molecule has 0 radical (unpaired) electrons. The number of nitriles is 2. The van der Waals surface area contributed by atoms with Gasteiger partial charge < -0.3 is 0 Å². The summed E-state index contributed by atoms with van der Waals surface area (Å²) >= 11 is 5.96. The molecule has 248 valence electrons. The fourth-order valence-electron chi connectivity index (χ4n) is 6.04. The van der Waals surface area contributed by atoms with Gasteiger partial charge in [0.25, 0.3) is 11.4 Å². The second-order valence-corrected chi connectivity index (χ2v) is 12.3. The highest BCUT2D eigenvalue weighted by Gasteiger charge is 2.14. The van der Waals surface area contributed by atoms with Crippen LogP contribution in [0, 0.1) is 35.8 Å². The van der Waals surface area contributed by atoms with Gasteiger partial charge in [-0.15, -0.1) is 0 Å². The molecule has 0 aromatic heterocycles. The van der Waals surface area contributed by atoms with E-state index in [1.54, 1.807) is 12.1 Å². The molecular weight excluding hydrogens is 668 g/mol. The van der Waals surface area contributed by atoms with Gasteiger partial charge in [-0.25, -0.2) is 20.2 Å². The Balaban J connectivity index is 0.000000183. The van der Waals surface area contributed by atoms with Crippen LogP contribution in [-0.4, -0.2) is 0 Å². The Kier molecular flexibility index (Phi) is 11.3. The summed E-state index contributed by atoms with van der Waals surface area (Å²) in [6.45, 7) is 14.8. The van der Waals surface area contributed by atoms with Gasteiger partial charge in [0.2, 0.25) is 0 Å². The zero-order chi connectivity index (χ0) is 37.0. The van der Waals surface area contributed by atoms with E-state index < -0.39 is 0 Å². The summed E-state index contributed by atoms with van der Waals surface area (Å²) in [5.41, 5.74) is 9.26. The first kappa shape index (κ1) is 35.4. The molecule has 0 N–H and O–H groups in total. The number of benzene rings is 7. The molecule has 0 spiro atoms. The molecule has 0 unspecified atom stereocenters. The van der Waals surface area contributed by atoms with Gasteiger partial charge in [-0.3, -0.25) is 0 Å². The Hall–Kier alpha value is -7.47. The van der Waals surface area contributed by atoms with E-state index in [1.165, 1.54) is 0 Å². The molecule has 0 atom stereocenters. The summed E-state index contributed by atoms with van der Waals surface area (Å²) in [6, 6.07) is 61.5. The minimum atomic E-state index is 0.0646. The number of allylic oxidation sites excluding steroid dienone is 2. The average molecular weight is 697 g/mol. The van der Waals surface area contributed by atoms with Crippen LogP contribution >= 0.6 is 11.6 Å². The first-order valence-electron chi connectivity index (χ1n) is 16.6. The minimum Gasteiger partial charge on any atom is -0.226 e. The average Bonchev–Trinajstić information content (AvgIpc) is 3.23. The Morgan fingerprint density at radius 2 is 0.774 bits per heavy atom. The van der Waals surface area contributed by atoms with Crippen molar-refractivity contribution in [2.45, 2.75) is 0 Å². The highest BCUT2D eigenvalue weighted by molar-refractivity contribution is 6.30. The third kappa shape index (κ3) is 8.30. The molecule has 0 aliphatic rings. The van der Waals surface area contributed by atoms with E-state index in [9.17, 15) is 10.5 Å². The van der Waals surface area contributed by atoms with Gasteiger partial charge in [0.05, 0.1) is 25.3 Å². The van der Waals surface area contributed by atoms with Crippen LogP contribution in [0.3, 0.4) is 0 Å². The zero-order valence-electron chi connectivity index (χ0n) is 28.4. The van der Waals surface area contributed by atoms with Gasteiger partial charge in [0.15, 0.2) is 0 Å². The quantitative estimate of drug-likeness (QED) is 0.128. The van der Waals surface area contributed by atoms with E-state index in [-0.39, 0.29) is 11.4 Å². The maximum absolute atomic E-state index is 9.54. The van der Waals surface area contributed by atoms with E-state index >= 15 is 0 Å². The van der Waals surface area contributed by atoms with Crippen LogP contribution in [0.5, 0.6) is 0 Å². The van der Waals surface area contributed by atoms with E-state index in [2.05, 4.69) is 34.0 Å². The molecule has 0 heterocycles. The van der Waals surface area contributed by atoms with Gasteiger partial charge in [0.1, 0.15) is 0 Å². The third-order valence-corrected chi connectivity index (χ3v) is 8.89. The summed E-state index contributed by atoms with van der Waals surface area (Å²) in [5.74, 6) is 0. The molecule has 0 fully saturated rings. The highest BCUT2D eigenvalue weighted by atomic mass is 35.5. The van der Waals surface area contributed by atoms with Gasteiger partial charge in [0, 0.05) is 16.2 Å². The van der Waals surface area contributed by atoms with Crippen molar-refractivity contribution < 1.29 is 0 Å². The predicted molar refractivity (Wildman–Crippen MR) is 216 cm³/mol. The number of fused-ring (bicyclic) bond motifs is 1. The fourth-order valence-corrected chi connectivity index (χ4v) is 6.16. The highest BCUT2D eigenvalue weighted by Crippen LogP contribution is 2.33. The lowest BCUT2D eigenvalue weighted by atomic mass is 9.93. The van der Waals surface area contributed by atoms with Crippen molar-refractivity contribution in [2.24, 2.45) is 0 Å². The van der Waals surface area contributed by atoms with Crippen molar-refractivity contribution in [3.8, 4) is 34.4 Å². The number of halogens is 1. The maximum Gasteiger partial charge on any atom is 0.270 e. The molecule has 7 aromatic carbocycles. The molecule has 0 saturated carbocycles. The number of rotatable bonds is 6. The van der Waals surface area contributed by atoms with Crippen molar-refractivity contribution in [1.82, 2.24) is 0 Å². The van der Waals surface area contributed by atoms with Gasteiger partial charge in [-0.2, -0.15) is 0 Å². The molecule has 0 amide bonds. The molecule has 5 heteroatoms. The molecule has 0 bridgehead atoms. The Bertz CT molecular complexity index is 2580. The van der Waals surface area contributed by atoms with Crippen LogP contribution in [0.25, 0.3) is 53.9 Å². The normalized spacial score (nSPS) is 11.3. The van der Waals surface area contributed by atoms with E-state index in [1.807, 2.05) is 152 Å². The van der Waals surface area contributed by atoms with Gasteiger partial charge in [-0.05, 0) is 73.5 Å². The summed E-state index contributed by atoms with van der Waals surface area (Å²) in [5, 5.41) is 21.7. The van der Waals surface area contributed by atoms with E-state index in [0.717, 1.165) is 55.3 Å². The van der Waals surface area contributed by atoms with E-state index in [4.69, 9.17) is 24.7 Å². The number of hydrogen-bond acceptors (Lipinski definition) is 2. The van der Waals surface area contributed by atoms with Crippen LogP contribution < -0.4 is 0 Å². The SMILES string of the molecule is [C-]#[N+]/C(C#N)=C(/c1ccc(-c2ccccc2)cc1)c1ccc2ccccc2c1.[C-]#[N+]/C(C#N)=C(\c1ccc(Cl)cc1)c1ccc(-c2ccccc2)cc1. The zero-order valence-corrected chi connectivity index (χ0v) is 29.2. The molecule has 0 saturated heterocycles. The van der Waals surface area contributed by atoms with Gasteiger partial charge in [-0.1, -0.05) is 169 Å². The van der Waals surface area contributed by atoms with Crippen LogP contribution in [0.4, 0.5) is 0 Å².